The van der Waals surface area contributed by atoms with Crippen LogP contribution in [0.1, 0.15) is 12.1 Å². The lowest BCUT2D eigenvalue weighted by atomic mass is 10.3. The number of nitrogens with one attached hydrogen (secondary N) is 1. The molecule has 0 unspecified atom stereocenters. The lowest BCUT2D eigenvalue weighted by molar-refractivity contribution is 0.195. The number of hydrogen-bond acceptors (Lipinski definition) is 6. The van der Waals surface area contributed by atoms with Gasteiger partial charge in [-0.25, -0.2) is 9.97 Å². The average molecular weight is 292 g/mol. The summed E-state index contributed by atoms with van der Waals surface area (Å²) in [5.41, 5.74) is 0.618. The number of aromatic amines is 1. The van der Waals surface area contributed by atoms with E-state index in [9.17, 15) is 4.79 Å². The first-order valence-electron chi connectivity index (χ1n) is 7.24. The van der Waals surface area contributed by atoms with Crippen molar-refractivity contribution in [3.8, 4) is 0 Å². The second-order valence-corrected chi connectivity index (χ2v) is 5.30. The second kappa shape index (κ2) is 6.33. The molecule has 0 aliphatic carbocycles. The van der Waals surface area contributed by atoms with Crippen molar-refractivity contribution in [2.45, 2.75) is 13.0 Å². The van der Waals surface area contributed by atoms with Crippen LogP contribution in [0.25, 0.3) is 5.78 Å². The van der Waals surface area contributed by atoms with Crippen LogP contribution in [0.2, 0.25) is 0 Å². The van der Waals surface area contributed by atoms with E-state index in [1.807, 2.05) is 0 Å². The summed E-state index contributed by atoms with van der Waals surface area (Å²) in [7, 11) is 0. The maximum Gasteiger partial charge on any atom is 0.274 e. The SMILES string of the molecule is O=c1cc(CN2CCCN(CCO)CC2)nc2nc[nH]n12. The number of H-pyrrole nitrogens is 1. The molecule has 0 atom stereocenters. The Bertz CT molecular complexity index is 651. The van der Waals surface area contributed by atoms with Crippen LogP contribution in [-0.4, -0.2) is 73.8 Å². The van der Waals surface area contributed by atoms with Crippen LogP contribution >= 0.6 is 0 Å². The highest BCUT2D eigenvalue weighted by atomic mass is 16.3. The van der Waals surface area contributed by atoms with Crippen molar-refractivity contribution in [3.63, 3.8) is 0 Å². The quantitative estimate of drug-likeness (QED) is 0.745. The molecule has 8 heteroatoms. The van der Waals surface area contributed by atoms with Crippen LogP contribution < -0.4 is 5.56 Å². The van der Waals surface area contributed by atoms with E-state index in [0.29, 0.717) is 12.3 Å². The molecule has 2 aromatic heterocycles. The molecule has 0 radical (unpaired) electrons. The molecule has 8 nitrogen and oxygen atoms in total. The summed E-state index contributed by atoms with van der Waals surface area (Å²) in [4.78, 5) is 24.9. The molecule has 0 bridgehead atoms. The number of aliphatic hydroxyl groups excluding tert-OH is 1. The number of hydrogen-bond donors (Lipinski definition) is 2. The van der Waals surface area contributed by atoms with Gasteiger partial charge in [0.05, 0.1) is 12.3 Å². The normalized spacial score (nSPS) is 18.1. The third-order valence-electron chi connectivity index (χ3n) is 3.80. The first-order valence-corrected chi connectivity index (χ1v) is 7.24. The number of fused-ring (bicyclic) bond motifs is 1. The number of aromatic nitrogens is 4. The molecule has 0 spiro atoms. The van der Waals surface area contributed by atoms with Gasteiger partial charge >= 0.3 is 0 Å². The fourth-order valence-electron chi connectivity index (χ4n) is 2.73. The minimum atomic E-state index is -0.135. The van der Waals surface area contributed by atoms with Gasteiger partial charge in [0.25, 0.3) is 11.3 Å². The molecule has 2 N–H and O–H groups in total. The van der Waals surface area contributed by atoms with Crippen LogP contribution in [0.15, 0.2) is 17.2 Å². The van der Waals surface area contributed by atoms with Crippen molar-refractivity contribution in [2.24, 2.45) is 0 Å². The Balaban J connectivity index is 1.68. The van der Waals surface area contributed by atoms with Gasteiger partial charge in [-0.3, -0.25) is 19.7 Å². The third kappa shape index (κ3) is 3.29. The molecule has 21 heavy (non-hydrogen) atoms. The van der Waals surface area contributed by atoms with Crippen LogP contribution in [0.3, 0.4) is 0 Å². The van der Waals surface area contributed by atoms with Crippen molar-refractivity contribution in [3.05, 3.63) is 28.4 Å². The van der Waals surface area contributed by atoms with Crippen molar-refractivity contribution in [2.75, 3.05) is 39.3 Å². The van der Waals surface area contributed by atoms with E-state index in [-0.39, 0.29) is 12.2 Å². The second-order valence-electron chi connectivity index (χ2n) is 5.30. The highest BCUT2D eigenvalue weighted by Crippen LogP contribution is 2.07. The summed E-state index contributed by atoms with van der Waals surface area (Å²) in [6.45, 7) is 5.42. The minimum Gasteiger partial charge on any atom is -0.395 e. The molecule has 0 amide bonds. The summed E-state index contributed by atoms with van der Waals surface area (Å²) in [6.07, 6.45) is 2.52. The Morgan fingerprint density at radius 2 is 2.05 bits per heavy atom. The van der Waals surface area contributed by atoms with Gasteiger partial charge in [-0.2, -0.15) is 4.52 Å². The van der Waals surface area contributed by atoms with E-state index in [2.05, 4.69) is 24.9 Å². The zero-order valence-electron chi connectivity index (χ0n) is 11.9. The highest BCUT2D eigenvalue weighted by molar-refractivity contribution is 5.25. The van der Waals surface area contributed by atoms with Gasteiger partial charge in [-0.05, 0) is 19.5 Å². The summed E-state index contributed by atoms with van der Waals surface area (Å²) in [5, 5.41) is 11.7. The number of β-amino-alcohol motifs (C(OH)–C–C–N with tert-alkyl or cyclic N) is 1. The van der Waals surface area contributed by atoms with Gasteiger partial charge < -0.3 is 5.11 Å². The molecule has 0 saturated carbocycles. The van der Waals surface area contributed by atoms with Crippen molar-refractivity contribution in [1.82, 2.24) is 29.4 Å². The number of rotatable bonds is 4. The van der Waals surface area contributed by atoms with E-state index in [1.165, 1.54) is 10.8 Å². The summed E-state index contributed by atoms with van der Waals surface area (Å²) >= 11 is 0. The van der Waals surface area contributed by atoms with E-state index < -0.39 is 0 Å². The fraction of sp³-hybridized carbons (Fsp3) is 0.615. The molecular weight excluding hydrogens is 272 g/mol. The van der Waals surface area contributed by atoms with E-state index >= 15 is 0 Å². The maximum atomic E-state index is 11.9. The van der Waals surface area contributed by atoms with Gasteiger partial charge in [-0.1, -0.05) is 0 Å². The van der Waals surface area contributed by atoms with Crippen molar-refractivity contribution < 1.29 is 5.11 Å². The van der Waals surface area contributed by atoms with Crippen LogP contribution in [0, 0.1) is 0 Å². The number of nitrogens with zero attached hydrogens (tertiary/aromatic N) is 5. The Labute approximate surface area is 122 Å². The molecule has 0 aromatic carbocycles. The highest BCUT2D eigenvalue weighted by Gasteiger charge is 2.15. The van der Waals surface area contributed by atoms with Crippen molar-refractivity contribution in [1.29, 1.82) is 0 Å². The minimum absolute atomic E-state index is 0.135. The smallest absolute Gasteiger partial charge is 0.274 e. The van der Waals surface area contributed by atoms with E-state index in [0.717, 1.165) is 44.8 Å². The molecule has 3 rings (SSSR count). The predicted octanol–water partition coefficient (Wildman–Crippen LogP) is -1.08. The Hall–Kier alpha value is -1.77. The Kier molecular flexibility index (Phi) is 4.28. The zero-order valence-corrected chi connectivity index (χ0v) is 11.9. The van der Waals surface area contributed by atoms with Gasteiger partial charge in [0.2, 0.25) is 0 Å². The third-order valence-corrected chi connectivity index (χ3v) is 3.80. The lowest BCUT2D eigenvalue weighted by Crippen LogP contribution is -2.32. The van der Waals surface area contributed by atoms with E-state index in [4.69, 9.17) is 5.11 Å². The standard InChI is InChI=1S/C13H20N6O2/c20-7-6-17-2-1-3-18(5-4-17)9-11-8-12(21)19-13(16-11)14-10-15-19/h8,10,20H,1-7,9H2,(H,14,15,16). The monoisotopic (exact) mass is 292 g/mol. The molecular formula is C13H20N6O2. The molecule has 3 heterocycles. The Morgan fingerprint density at radius 1 is 1.24 bits per heavy atom. The largest absolute Gasteiger partial charge is 0.395 e. The summed E-state index contributed by atoms with van der Waals surface area (Å²) in [5.74, 6) is 0.411. The van der Waals surface area contributed by atoms with Gasteiger partial charge in [0.1, 0.15) is 6.33 Å². The Morgan fingerprint density at radius 3 is 2.90 bits per heavy atom. The topological polar surface area (TPSA) is 89.8 Å². The van der Waals surface area contributed by atoms with Crippen LogP contribution in [0.4, 0.5) is 0 Å². The maximum absolute atomic E-state index is 11.9. The first kappa shape index (κ1) is 14.2. The van der Waals surface area contributed by atoms with Gasteiger partial charge in [0.15, 0.2) is 0 Å². The summed E-state index contributed by atoms with van der Waals surface area (Å²) in [6, 6.07) is 1.56. The first-order chi connectivity index (χ1) is 10.3. The average Bonchev–Trinajstić information content (AvgIpc) is 2.83. The predicted molar refractivity (Wildman–Crippen MR) is 77.0 cm³/mol. The van der Waals surface area contributed by atoms with Crippen LogP contribution in [-0.2, 0) is 6.54 Å². The van der Waals surface area contributed by atoms with E-state index in [1.54, 1.807) is 6.07 Å². The molecule has 1 saturated heterocycles. The summed E-state index contributed by atoms with van der Waals surface area (Å²) < 4.78 is 1.33. The van der Waals surface area contributed by atoms with Gasteiger partial charge in [-0.15, -0.1) is 0 Å². The van der Waals surface area contributed by atoms with Crippen molar-refractivity contribution >= 4 is 5.78 Å². The van der Waals surface area contributed by atoms with Crippen LogP contribution in [0.5, 0.6) is 0 Å². The molecule has 2 aromatic rings. The lowest BCUT2D eigenvalue weighted by Gasteiger charge is -2.20. The molecule has 1 aliphatic heterocycles. The fourth-order valence-corrected chi connectivity index (χ4v) is 2.73. The molecule has 1 aliphatic rings. The molecule has 1 fully saturated rings. The number of aliphatic hydroxyl groups is 1. The zero-order chi connectivity index (χ0) is 14.7. The van der Waals surface area contributed by atoms with Gasteiger partial charge in [0, 0.05) is 32.2 Å². The molecule has 114 valence electrons.